The molecule has 20 heavy (non-hydrogen) atoms. The zero-order valence-electron chi connectivity index (χ0n) is 11.6. The summed E-state index contributed by atoms with van der Waals surface area (Å²) < 4.78 is 6.89. The Kier molecular flexibility index (Phi) is 4.90. The van der Waals surface area contributed by atoms with Crippen molar-refractivity contribution in [3.63, 3.8) is 0 Å². The van der Waals surface area contributed by atoms with Gasteiger partial charge in [-0.05, 0) is 12.1 Å². The van der Waals surface area contributed by atoms with E-state index in [2.05, 4.69) is 21.4 Å². The number of fused-ring (bicyclic) bond motifs is 1. The second-order valence-electron chi connectivity index (χ2n) is 4.45. The molecule has 0 saturated carbocycles. The minimum Gasteiger partial charge on any atom is -0.375 e. The Morgan fingerprint density at radius 1 is 1.50 bits per heavy atom. The molecule has 0 aliphatic carbocycles. The maximum atomic E-state index is 11.3. The van der Waals surface area contributed by atoms with Crippen LogP contribution in [0.3, 0.4) is 0 Å². The molecule has 1 heterocycles. The molecule has 0 saturated heterocycles. The molecule has 5 nitrogen and oxygen atoms in total. The molecule has 0 atom stereocenters. The summed E-state index contributed by atoms with van der Waals surface area (Å²) in [5, 5.41) is 2.80. The van der Waals surface area contributed by atoms with Crippen molar-refractivity contribution in [2.24, 2.45) is 0 Å². The number of carbonyl (C=O) groups excluding carboxylic acids is 1. The lowest BCUT2D eigenvalue weighted by atomic mass is 10.3. The van der Waals surface area contributed by atoms with Gasteiger partial charge in [-0.25, -0.2) is 4.98 Å². The summed E-state index contributed by atoms with van der Waals surface area (Å²) in [4.78, 5) is 15.9. The Balaban J connectivity index is 2.10. The lowest BCUT2D eigenvalue weighted by Crippen LogP contribution is -2.29. The lowest BCUT2D eigenvalue weighted by Gasteiger charge is -2.07. The van der Waals surface area contributed by atoms with Crippen LogP contribution in [0.4, 0.5) is 0 Å². The van der Waals surface area contributed by atoms with Crippen molar-refractivity contribution < 1.29 is 9.53 Å². The molecule has 1 amide bonds. The van der Waals surface area contributed by atoms with Gasteiger partial charge in [0, 0.05) is 26.6 Å². The average Bonchev–Trinajstić information content (AvgIpc) is 2.78. The minimum absolute atomic E-state index is 0.0864. The van der Waals surface area contributed by atoms with E-state index < -0.39 is 0 Å². The summed E-state index contributed by atoms with van der Waals surface area (Å²) in [6.07, 6.45) is 2.53. The van der Waals surface area contributed by atoms with E-state index in [9.17, 15) is 4.79 Å². The van der Waals surface area contributed by atoms with Crippen molar-refractivity contribution >= 4 is 16.9 Å². The summed E-state index contributed by atoms with van der Waals surface area (Å²) >= 11 is 0. The van der Waals surface area contributed by atoms with Crippen LogP contribution in [0.5, 0.6) is 0 Å². The third-order valence-corrected chi connectivity index (χ3v) is 2.99. The van der Waals surface area contributed by atoms with E-state index in [1.807, 2.05) is 30.3 Å². The van der Waals surface area contributed by atoms with Crippen LogP contribution in [-0.2, 0) is 22.5 Å². The average molecular weight is 273 g/mol. The molecule has 0 unspecified atom stereocenters. The van der Waals surface area contributed by atoms with Crippen molar-refractivity contribution in [3.05, 3.63) is 42.7 Å². The lowest BCUT2D eigenvalue weighted by molar-refractivity contribution is -0.124. The first-order valence-corrected chi connectivity index (χ1v) is 6.57. The molecule has 0 aliphatic rings. The number of nitrogens with zero attached hydrogens (tertiary/aromatic N) is 2. The summed E-state index contributed by atoms with van der Waals surface area (Å²) in [6.45, 7) is 5.12. The highest BCUT2D eigenvalue weighted by Crippen LogP contribution is 2.16. The van der Waals surface area contributed by atoms with Crippen LogP contribution in [-0.4, -0.2) is 35.7 Å². The van der Waals surface area contributed by atoms with Crippen LogP contribution in [0.1, 0.15) is 5.82 Å². The van der Waals surface area contributed by atoms with Crippen molar-refractivity contribution in [2.45, 2.75) is 13.0 Å². The van der Waals surface area contributed by atoms with E-state index in [0.717, 1.165) is 16.9 Å². The zero-order valence-corrected chi connectivity index (χ0v) is 11.6. The first-order valence-electron chi connectivity index (χ1n) is 6.57. The van der Waals surface area contributed by atoms with Crippen LogP contribution in [0.2, 0.25) is 0 Å². The van der Waals surface area contributed by atoms with E-state index in [0.29, 0.717) is 19.5 Å². The van der Waals surface area contributed by atoms with Gasteiger partial charge in [0.25, 0.3) is 0 Å². The summed E-state index contributed by atoms with van der Waals surface area (Å²) in [7, 11) is 1.50. The predicted molar refractivity (Wildman–Crippen MR) is 78.5 cm³/mol. The molecule has 106 valence electrons. The number of hydrogen-bond acceptors (Lipinski definition) is 3. The second kappa shape index (κ2) is 6.86. The number of carbonyl (C=O) groups is 1. The SMILES string of the molecule is C=CCn1c(CCNC(=O)COC)nc2ccccc21. The minimum atomic E-state index is -0.112. The number of para-hydroxylation sites is 2. The van der Waals surface area contributed by atoms with Crippen molar-refractivity contribution in [3.8, 4) is 0 Å². The third-order valence-electron chi connectivity index (χ3n) is 2.99. The fraction of sp³-hybridized carbons (Fsp3) is 0.333. The van der Waals surface area contributed by atoms with Gasteiger partial charge in [0.2, 0.25) is 5.91 Å². The second-order valence-corrected chi connectivity index (χ2v) is 4.45. The molecular formula is C15H19N3O2. The maximum Gasteiger partial charge on any atom is 0.245 e. The van der Waals surface area contributed by atoms with E-state index in [4.69, 9.17) is 4.74 Å². The molecule has 0 aliphatic heterocycles. The van der Waals surface area contributed by atoms with Gasteiger partial charge in [-0.2, -0.15) is 0 Å². The van der Waals surface area contributed by atoms with E-state index >= 15 is 0 Å². The highest BCUT2D eigenvalue weighted by Gasteiger charge is 2.09. The van der Waals surface area contributed by atoms with Gasteiger partial charge in [0.1, 0.15) is 12.4 Å². The van der Waals surface area contributed by atoms with Gasteiger partial charge in [-0.3, -0.25) is 4.79 Å². The van der Waals surface area contributed by atoms with Crippen LogP contribution >= 0.6 is 0 Å². The Labute approximate surface area is 118 Å². The molecule has 5 heteroatoms. The topological polar surface area (TPSA) is 56.2 Å². The number of imidazole rings is 1. The molecule has 1 aromatic carbocycles. The molecular weight excluding hydrogens is 254 g/mol. The molecule has 1 aromatic heterocycles. The van der Waals surface area contributed by atoms with Crippen LogP contribution in [0.15, 0.2) is 36.9 Å². The number of hydrogen-bond donors (Lipinski definition) is 1. The first-order chi connectivity index (χ1) is 9.76. The Morgan fingerprint density at radius 2 is 2.30 bits per heavy atom. The van der Waals surface area contributed by atoms with E-state index in [1.165, 1.54) is 7.11 Å². The predicted octanol–water partition coefficient (Wildman–Crippen LogP) is 1.53. The first kappa shape index (κ1) is 14.3. The molecule has 1 N–H and O–H groups in total. The number of aromatic nitrogens is 2. The largest absolute Gasteiger partial charge is 0.375 e. The van der Waals surface area contributed by atoms with Gasteiger partial charge >= 0.3 is 0 Å². The van der Waals surface area contributed by atoms with Crippen molar-refractivity contribution in [2.75, 3.05) is 20.3 Å². The number of benzene rings is 1. The molecule has 0 spiro atoms. The number of allylic oxidation sites excluding steroid dienone is 1. The van der Waals surface area contributed by atoms with Gasteiger partial charge < -0.3 is 14.6 Å². The van der Waals surface area contributed by atoms with Crippen molar-refractivity contribution in [1.82, 2.24) is 14.9 Å². The molecule has 0 fully saturated rings. The highest BCUT2D eigenvalue weighted by atomic mass is 16.5. The normalized spacial score (nSPS) is 10.7. The number of rotatable bonds is 7. The standard InChI is InChI=1S/C15H19N3O2/c1-3-10-18-13-7-5-4-6-12(13)17-14(18)8-9-16-15(19)11-20-2/h3-7H,1,8-11H2,2H3,(H,16,19). The van der Waals surface area contributed by atoms with Gasteiger partial charge in [-0.15, -0.1) is 6.58 Å². The third kappa shape index (κ3) is 3.24. The van der Waals surface area contributed by atoms with Gasteiger partial charge in [0.05, 0.1) is 11.0 Å². The van der Waals surface area contributed by atoms with E-state index in [1.54, 1.807) is 0 Å². The fourth-order valence-corrected chi connectivity index (χ4v) is 2.14. The Bertz CT molecular complexity index is 604. The summed E-state index contributed by atoms with van der Waals surface area (Å²) in [5.41, 5.74) is 2.05. The monoisotopic (exact) mass is 273 g/mol. The zero-order chi connectivity index (χ0) is 14.4. The Hall–Kier alpha value is -2.14. The molecule has 0 bridgehead atoms. The van der Waals surface area contributed by atoms with Crippen LogP contribution in [0, 0.1) is 0 Å². The number of methoxy groups -OCH3 is 1. The quantitative estimate of drug-likeness (QED) is 0.778. The van der Waals surface area contributed by atoms with Crippen molar-refractivity contribution in [1.29, 1.82) is 0 Å². The van der Waals surface area contributed by atoms with Crippen LogP contribution < -0.4 is 5.32 Å². The molecule has 0 radical (unpaired) electrons. The number of ether oxygens (including phenoxy) is 1. The maximum absolute atomic E-state index is 11.3. The number of nitrogens with one attached hydrogen (secondary N) is 1. The summed E-state index contributed by atoms with van der Waals surface area (Å²) in [6, 6.07) is 7.99. The molecule has 2 aromatic rings. The number of amides is 1. The Morgan fingerprint density at radius 3 is 3.05 bits per heavy atom. The molecule has 2 rings (SSSR count). The van der Waals surface area contributed by atoms with Gasteiger partial charge in [0.15, 0.2) is 0 Å². The smallest absolute Gasteiger partial charge is 0.245 e. The van der Waals surface area contributed by atoms with Gasteiger partial charge in [-0.1, -0.05) is 18.2 Å². The van der Waals surface area contributed by atoms with E-state index in [-0.39, 0.29) is 12.5 Å². The fourth-order valence-electron chi connectivity index (χ4n) is 2.14. The highest BCUT2D eigenvalue weighted by molar-refractivity contribution is 5.77. The summed E-state index contributed by atoms with van der Waals surface area (Å²) in [5.74, 6) is 0.836. The van der Waals surface area contributed by atoms with Crippen LogP contribution in [0.25, 0.3) is 11.0 Å².